The number of benzene rings is 1. The monoisotopic (exact) mass is 436 g/mol. The lowest BCUT2D eigenvalue weighted by atomic mass is 10.2. The van der Waals surface area contributed by atoms with Crippen molar-refractivity contribution in [2.75, 3.05) is 32.6 Å². The van der Waals surface area contributed by atoms with E-state index in [4.69, 9.17) is 14.5 Å². The van der Waals surface area contributed by atoms with Crippen molar-refractivity contribution in [3.63, 3.8) is 0 Å². The summed E-state index contributed by atoms with van der Waals surface area (Å²) in [6, 6.07) is 14.3. The molecular weight excluding hydrogens is 412 g/mol. The summed E-state index contributed by atoms with van der Waals surface area (Å²) in [5, 5.41) is 6.29. The first kappa shape index (κ1) is 20.2. The van der Waals surface area contributed by atoms with Crippen LogP contribution in [0.4, 0.5) is 0 Å². The van der Waals surface area contributed by atoms with Gasteiger partial charge in [-0.25, -0.2) is 4.98 Å². The third kappa shape index (κ3) is 4.48. The third-order valence-electron chi connectivity index (χ3n) is 5.25. The average molecular weight is 437 g/mol. The molecule has 1 fully saturated rings. The summed E-state index contributed by atoms with van der Waals surface area (Å²) in [5.74, 6) is 1.18. The molecule has 1 aliphatic heterocycles. The van der Waals surface area contributed by atoms with Gasteiger partial charge in [-0.15, -0.1) is 5.10 Å². The fourth-order valence-corrected chi connectivity index (χ4v) is 4.09. The number of aromatic nitrogens is 5. The first-order chi connectivity index (χ1) is 15.2. The molecule has 5 rings (SSSR count). The van der Waals surface area contributed by atoms with Crippen LogP contribution in [-0.2, 0) is 11.3 Å². The van der Waals surface area contributed by atoms with Gasteiger partial charge in [0.25, 0.3) is 5.78 Å². The van der Waals surface area contributed by atoms with Crippen LogP contribution < -0.4 is 4.74 Å². The molecule has 1 unspecified atom stereocenters. The highest BCUT2D eigenvalue weighted by Gasteiger charge is 2.22. The highest BCUT2D eigenvalue weighted by molar-refractivity contribution is 7.98. The molecule has 31 heavy (non-hydrogen) atoms. The minimum atomic E-state index is -0.0266. The van der Waals surface area contributed by atoms with Crippen molar-refractivity contribution < 1.29 is 9.47 Å². The molecule has 0 aliphatic carbocycles. The quantitative estimate of drug-likeness (QED) is 0.427. The van der Waals surface area contributed by atoms with Gasteiger partial charge in [-0.2, -0.15) is 9.50 Å². The molecule has 0 bridgehead atoms. The van der Waals surface area contributed by atoms with Gasteiger partial charge in [-0.05, 0) is 25.3 Å². The number of nitrogens with zero attached hydrogens (tertiary/aromatic N) is 6. The van der Waals surface area contributed by atoms with Crippen molar-refractivity contribution in [3.05, 3.63) is 53.9 Å². The van der Waals surface area contributed by atoms with Gasteiger partial charge < -0.3 is 9.47 Å². The van der Waals surface area contributed by atoms with Crippen molar-refractivity contribution in [1.82, 2.24) is 29.5 Å². The summed E-state index contributed by atoms with van der Waals surface area (Å²) in [4.78, 5) is 16.0. The zero-order valence-corrected chi connectivity index (χ0v) is 18.4. The van der Waals surface area contributed by atoms with Crippen LogP contribution in [0, 0.1) is 6.92 Å². The molecule has 4 aromatic rings. The normalized spacial score (nSPS) is 17.4. The van der Waals surface area contributed by atoms with Crippen LogP contribution in [0.5, 0.6) is 5.88 Å². The van der Waals surface area contributed by atoms with Gasteiger partial charge in [0, 0.05) is 36.8 Å². The van der Waals surface area contributed by atoms with E-state index in [1.165, 1.54) is 11.8 Å². The molecule has 0 amide bonds. The SMILES string of the molecule is CSc1nc2nc(C)cc(OCC3CN(Cc4ccc5ccccc5n4)CCO3)n2n1. The fourth-order valence-electron chi connectivity index (χ4n) is 3.75. The zero-order valence-electron chi connectivity index (χ0n) is 17.6. The Kier molecular flexibility index (Phi) is 5.71. The Balaban J connectivity index is 1.24. The highest BCUT2D eigenvalue weighted by Crippen LogP contribution is 2.19. The Hall–Kier alpha value is -2.75. The van der Waals surface area contributed by atoms with Crippen molar-refractivity contribution in [1.29, 1.82) is 0 Å². The minimum Gasteiger partial charge on any atom is -0.475 e. The molecule has 1 aliphatic rings. The first-order valence-corrected chi connectivity index (χ1v) is 11.5. The zero-order chi connectivity index (χ0) is 21.2. The molecule has 1 aromatic carbocycles. The van der Waals surface area contributed by atoms with Crippen LogP contribution in [-0.4, -0.2) is 68.1 Å². The van der Waals surface area contributed by atoms with Gasteiger partial charge in [-0.3, -0.25) is 9.88 Å². The predicted octanol–water partition coefficient (Wildman–Crippen LogP) is 2.98. The Morgan fingerprint density at radius 3 is 2.97 bits per heavy atom. The number of para-hydroxylation sites is 1. The molecule has 0 N–H and O–H groups in total. The molecule has 160 valence electrons. The van der Waals surface area contributed by atoms with Gasteiger partial charge in [0.05, 0.1) is 17.8 Å². The smallest absolute Gasteiger partial charge is 0.256 e. The molecule has 8 nitrogen and oxygen atoms in total. The number of hydrogen-bond acceptors (Lipinski definition) is 8. The van der Waals surface area contributed by atoms with E-state index in [0.717, 1.165) is 41.9 Å². The van der Waals surface area contributed by atoms with E-state index < -0.39 is 0 Å². The van der Waals surface area contributed by atoms with Gasteiger partial charge in [0.1, 0.15) is 12.7 Å². The molecule has 0 saturated carbocycles. The van der Waals surface area contributed by atoms with Crippen molar-refractivity contribution >= 4 is 28.4 Å². The summed E-state index contributed by atoms with van der Waals surface area (Å²) >= 11 is 1.48. The van der Waals surface area contributed by atoms with Gasteiger partial charge in [-0.1, -0.05) is 36.0 Å². The molecule has 1 saturated heterocycles. The van der Waals surface area contributed by atoms with Crippen LogP contribution in [0.3, 0.4) is 0 Å². The number of rotatable bonds is 6. The number of aryl methyl sites for hydroxylation is 1. The number of ether oxygens (including phenoxy) is 2. The Labute approximate surface area is 184 Å². The standard InChI is InChI=1S/C22H24N6O2S/c1-15-11-20(28-21(23-15)25-22(26-28)31-2)30-14-18-13-27(9-10-29-18)12-17-8-7-16-5-3-4-6-19(16)24-17/h3-8,11,18H,9-10,12-14H2,1-2H3. The molecule has 0 radical (unpaired) electrons. The maximum atomic E-state index is 6.10. The molecule has 4 heterocycles. The Morgan fingerprint density at radius 2 is 2.06 bits per heavy atom. The molecule has 9 heteroatoms. The summed E-state index contributed by atoms with van der Waals surface area (Å²) in [5.41, 5.74) is 2.94. The second kappa shape index (κ2) is 8.78. The van der Waals surface area contributed by atoms with Crippen molar-refractivity contribution in [2.24, 2.45) is 0 Å². The van der Waals surface area contributed by atoms with Gasteiger partial charge >= 0.3 is 0 Å². The van der Waals surface area contributed by atoms with E-state index in [9.17, 15) is 0 Å². The van der Waals surface area contributed by atoms with Crippen LogP contribution in [0.1, 0.15) is 11.4 Å². The lowest BCUT2D eigenvalue weighted by Gasteiger charge is -2.32. The van der Waals surface area contributed by atoms with Crippen molar-refractivity contribution in [3.8, 4) is 5.88 Å². The third-order valence-corrected chi connectivity index (χ3v) is 5.79. The summed E-state index contributed by atoms with van der Waals surface area (Å²) in [6.07, 6.45) is 1.91. The topological polar surface area (TPSA) is 77.7 Å². The largest absolute Gasteiger partial charge is 0.475 e. The second-order valence-electron chi connectivity index (χ2n) is 7.58. The van der Waals surface area contributed by atoms with Crippen LogP contribution >= 0.6 is 11.8 Å². The van der Waals surface area contributed by atoms with E-state index in [1.54, 1.807) is 4.52 Å². The van der Waals surface area contributed by atoms with E-state index in [1.807, 2.05) is 31.4 Å². The number of fused-ring (bicyclic) bond motifs is 2. The van der Waals surface area contributed by atoms with Gasteiger partial charge in [0.2, 0.25) is 11.0 Å². The predicted molar refractivity (Wildman–Crippen MR) is 120 cm³/mol. The average Bonchev–Trinajstić information content (AvgIpc) is 3.21. The maximum absolute atomic E-state index is 6.10. The maximum Gasteiger partial charge on any atom is 0.256 e. The van der Waals surface area contributed by atoms with Gasteiger partial charge in [0.15, 0.2) is 0 Å². The van der Waals surface area contributed by atoms with Crippen LogP contribution in [0.2, 0.25) is 0 Å². The molecule has 0 spiro atoms. The molecule has 1 atom stereocenters. The number of morpholine rings is 1. The van der Waals surface area contributed by atoms with E-state index in [2.05, 4.69) is 44.2 Å². The Bertz CT molecular complexity index is 1210. The minimum absolute atomic E-state index is 0.0266. The van der Waals surface area contributed by atoms with E-state index in [0.29, 0.717) is 30.0 Å². The number of hydrogen-bond donors (Lipinski definition) is 0. The van der Waals surface area contributed by atoms with E-state index >= 15 is 0 Å². The summed E-state index contributed by atoms with van der Waals surface area (Å²) in [7, 11) is 0. The van der Waals surface area contributed by atoms with Crippen LogP contribution in [0.15, 0.2) is 47.6 Å². The summed E-state index contributed by atoms with van der Waals surface area (Å²) < 4.78 is 13.7. The lowest BCUT2D eigenvalue weighted by Crippen LogP contribution is -2.44. The molecule has 3 aromatic heterocycles. The molecular formula is C22H24N6O2S. The van der Waals surface area contributed by atoms with E-state index in [-0.39, 0.29) is 6.10 Å². The Morgan fingerprint density at radius 1 is 1.16 bits per heavy atom. The number of thioether (sulfide) groups is 1. The van der Waals surface area contributed by atoms with Crippen LogP contribution in [0.25, 0.3) is 16.7 Å². The highest BCUT2D eigenvalue weighted by atomic mass is 32.2. The second-order valence-corrected chi connectivity index (χ2v) is 8.35. The lowest BCUT2D eigenvalue weighted by molar-refractivity contribution is -0.0515. The first-order valence-electron chi connectivity index (χ1n) is 10.3. The summed E-state index contributed by atoms with van der Waals surface area (Å²) in [6.45, 7) is 5.50. The fraction of sp³-hybridized carbons (Fsp3) is 0.364. The number of pyridine rings is 1. The van der Waals surface area contributed by atoms with Crippen molar-refractivity contribution in [2.45, 2.75) is 24.7 Å².